The van der Waals surface area contributed by atoms with Crippen LogP contribution in [0.4, 0.5) is 0 Å². The van der Waals surface area contributed by atoms with Crippen LogP contribution >= 0.6 is 0 Å². The van der Waals surface area contributed by atoms with E-state index in [-0.39, 0.29) is 12.5 Å². The maximum absolute atomic E-state index is 12.2. The summed E-state index contributed by atoms with van der Waals surface area (Å²) in [6.45, 7) is 3.65. The highest BCUT2D eigenvalue weighted by Crippen LogP contribution is 2.34. The molecule has 0 aromatic heterocycles. The molecule has 0 saturated heterocycles. The van der Waals surface area contributed by atoms with Crippen LogP contribution in [0.3, 0.4) is 0 Å². The fourth-order valence-electron chi connectivity index (χ4n) is 2.75. The topological polar surface area (TPSA) is 87.4 Å². The third-order valence-electron chi connectivity index (χ3n) is 4.32. The van der Waals surface area contributed by atoms with Gasteiger partial charge in [-0.2, -0.15) is 5.26 Å². The molecule has 0 radical (unpaired) electrons. The van der Waals surface area contributed by atoms with Crippen LogP contribution < -0.4 is 0 Å². The lowest BCUT2D eigenvalue weighted by atomic mass is 9.75. The molecule has 2 rings (SSSR count). The molecule has 5 nitrogen and oxygen atoms in total. The highest BCUT2D eigenvalue weighted by molar-refractivity contribution is 5.84. The largest absolute Gasteiger partial charge is 0.481 e. The van der Waals surface area contributed by atoms with Crippen molar-refractivity contribution in [2.45, 2.75) is 44.6 Å². The Morgan fingerprint density at radius 3 is 2.48 bits per heavy atom. The van der Waals surface area contributed by atoms with Gasteiger partial charge in [0.25, 0.3) is 0 Å². The maximum Gasteiger partial charge on any atom is 0.308 e. The fourth-order valence-corrected chi connectivity index (χ4v) is 2.75. The number of carboxylic acid groups (broad SMARTS) is 1. The van der Waals surface area contributed by atoms with Crippen LogP contribution in [0.15, 0.2) is 42.5 Å². The molecule has 0 aliphatic carbocycles. The number of hydrogen-bond acceptors (Lipinski definition) is 4. The van der Waals surface area contributed by atoms with Crippen molar-refractivity contribution >= 4 is 22.7 Å². The van der Waals surface area contributed by atoms with Crippen molar-refractivity contribution in [1.82, 2.24) is 0 Å². The first kappa shape index (κ1) is 18.5. The van der Waals surface area contributed by atoms with E-state index < -0.39 is 23.8 Å². The zero-order valence-corrected chi connectivity index (χ0v) is 14.4. The first-order valence-electron chi connectivity index (χ1n) is 8.22. The number of benzene rings is 2. The lowest BCUT2D eigenvalue weighted by Gasteiger charge is -2.25. The van der Waals surface area contributed by atoms with E-state index in [0.29, 0.717) is 12.0 Å². The van der Waals surface area contributed by atoms with Crippen molar-refractivity contribution in [3.05, 3.63) is 48.0 Å². The molecule has 0 fully saturated rings. The molecule has 25 heavy (non-hydrogen) atoms. The van der Waals surface area contributed by atoms with E-state index in [1.54, 1.807) is 19.1 Å². The summed E-state index contributed by atoms with van der Waals surface area (Å²) in [5.41, 5.74) is -0.947. The molecule has 0 heterocycles. The molecule has 0 amide bonds. The van der Waals surface area contributed by atoms with Crippen molar-refractivity contribution in [3.63, 3.8) is 0 Å². The van der Waals surface area contributed by atoms with Gasteiger partial charge >= 0.3 is 11.9 Å². The van der Waals surface area contributed by atoms with E-state index in [9.17, 15) is 20.0 Å². The normalized spacial score (nSPS) is 14.3. The summed E-state index contributed by atoms with van der Waals surface area (Å²) in [6, 6.07) is 15.0. The molecule has 0 aliphatic rings. The van der Waals surface area contributed by atoms with Crippen molar-refractivity contribution in [3.8, 4) is 6.07 Å². The number of esters is 1. The smallest absolute Gasteiger partial charge is 0.308 e. The Morgan fingerprint density at radius 2 is 1.88 bits per heavy atom. The van der Waals surface area contributed by atoms with Gasteiger partial charge in [0.05, 0.1) is 25.0 Å². The molecule has 0 saturated carbocycles. The van der Waals surface area contributed by atoms with E-state index in [2.05, 4.69) is 6.07 Å². The second-order valence-corrected chi connectivity index (χ2v) is 6.21. The second-order valence-electron chi connectivity index (χ2n) is 6.21. The number of carbonyl (C=O) groups excluding carboxylic acids is 1. The van der Waals surface area contributed by atoms with Crippen molar-refractivity contribution < 1.29 is 19.4 Å². The Balaban J connectivity index is 2.44. The molecule has 2 unspecified atom stereocenters. The van der Waals surface area contributed by atoms with E-state index in [1.165, 1.54) is 0 Å². The quantitative estimate of drug-likeness (QED) is 0.775. The molecule has 2 atom stereocenters. The third kappa shape index (κ3) is 4.36. The van der Waals surface area contributed by atoms with Crippen molar-refractivity contribution in [1.29, 1.82) is 5.26 Å². The Hall–Kier alpha value is -2.87. The lowest BCUT2D eigenvalue weighted by Crippen LogP contribution is -2.32. The molecule has 130 valence electrons. The molecule has 2 aromatic rings. The zero-order chi connectivity index (χ0) is 18.4. The number of nitriles is 1. The average Bonchev–Trinajstić information content (AvgIpc) is 2.59. The van der Waals surface area contributed by atoms with Crippen LogP contribution in [0.5, 0.6) is 0 Å². The van der Waals surface area contributed by atoms with Gasteiger partial charge in [0, 0.05) is 0 Å². The predicted molar refractivity (Wildman–Crippen MR) is 94.0 cm³/mol. The fraction of sp³-hybridized carbons (Fsp3) is 0.350. The van der Waals surface area contributed by atoms with E-state index in [1.807, 2.05) is 37.3 Å². The Kier molecular flexibility index (Phi) is 5.76. The Labute approximate surface area is 146 Å². The summed E-state index contributed by atoms with van der Waals surface area (Å²) in [6.07, 6.45) is -0.374. The monoisotopic (exact) mass is 339 g/mol. The minimum Gasteiger partial charge on any atom is -0.481 e. The predicted octanol–water partition coefficient (Wildman–Crippen LogP) is 3.81. The number of carbonyl (C=O) groups is 2. The van der Waals surface area contributed by atoms with Crippen LogP contribution in [0.25, 0.3) is 10.8 Å². The third-order valence-corrected chi connectivity index (χ3v) is 4.32. The summed E-state index contributed by atoms with van der Waals surface area (Å²) in [4.78, 5) is 23.6. The highest BCUT2D eigenvalue weighted by Gasteiger charge is 2.38. The van der Waals surface area contributed by atoms with Gasteiger partial charge in [0.15, 0.2) is 0 Å². The van der Waals surface area contributed by atoms with Gasteiger partial charge in [0.2, 0.25) is 0 Å². The molecule has 2 aromatic carbocycles. The first-order chi connectivity index (χ1) is 11.9. The second kappa shape index (κ2) is 7.80. The average molecular weight is 339 g/mol. The number of aliphatic carboxylic acids is 1. The van der Waals surface area contributed by atoms with Crippen molar-refractivity contribution in [2.75, 3.05) is 0 Å². The minimum absolute atomic E-state index is 0.273. The number of hydrogen-bond donors (Lipinski definition) is 1. The van der Waals surface area contributed by atoms with Crippen LogP contribution in [-0.4, -0.2) is 23.1 Å². The van der Waals surface area contributed by atoms with Crippen molar-refractivity contribution in [2.24, 2.45) is 0 Å². The van der Waals surface area contributed by atoms with Gasteiger partial charge in [-0.3, -0.25) is 9.59 Å². The number of nitrogens with zero attached hydrogens (tertiary/aromatic N) is 1. The van der Waals surface area contributed by atoms with E-state index in [4.69, 9.17) is 4.74 Å². The van der Waals surface area contributed by atoms with E-state index in [0.717, 1.165) is 10.8 Å². The Morgan fingerprint density at radius 1 is 1.20 bits per heavy atom. The minimum atomic E-state index is -1.46. The highest BCUT2D eigenvalue weighted by atomic mass is 16.5. The summed E-state index contributed by atoms with van der Waals surface area (Å²) < 4.78 is 5.26. The van der Waals surface area contributed by atoms with Gasteiger partial charge in [-0.05, 0) is 35.7 Å². The van der Waals surface area contributed by atoms with Gasteiger partial charge < -0.3 is 9.84 Å². The van der Waals surface area contributed by atoms with Gasteiger partial charge in [-0.15, -0.1) is 0 Å². The molecule has 5 heteroatoms. The van der Waals surface area contributed by atoms with E-state index >= 15 is 0 Å². The molecular formula is C20H21NO4. The number of ether oxygens (including phenoxy) is 1. The Bertz CT molecular complexity index is 824. The SMILES string of the molecule is CCC(C)OC(=O)CC(C#N)(CC(=O)O)c1ccc2ccccc2c1. The summed E-state index contributed by atoms with van der Waals surface area (Å²) in [5.74, 6) is -1.70. The molecule has 1 N–H and O–H groups in total. The van der Waals surface area contributed by atoms with Crippen LogP contribution in [0.2, 0.25) is 0 Å². The summed E-state index contributed by atoms with van der Waals surface area (Å²) >= 11 is 0. The lowest BCUT2D eigenvalue weighted by molar-refractivity contribution is -0.149. The summed E-state index contributed by atoms with van der Waals surface area (Å²) in [5, 5.41) is 20.9. The molecule has 0 bridgehead atoms. The molecule has 0 spiro atoms. The number of carboxylic acids is 1. The number of rotatable bonds is 7. The first-order valence-corrected chi connectivity index (χ1v) is 8.22. The summed E-state index contributed by atoms with van der Waals surface area (Å²) in [7, 11) is 0. The van der Waals surface area contributed by atoms with Crippen LogP contribution in [-0.2, 0) is 19.7 Å². The zero-order valence-electron chi connectivity index (χ0n) is 14.4. The maximum atomic E-state index is 12.2. The number of fused-ring (bicyclic) bond motifs is 1. The standard InChI is InChI=1S/C20H21NO4/c1-3-14(2)25-19(24)12-20(13-21,11-18(22)23)17-9-8-15-6-4-5-7-16(15)10-17/h4-10,14H,3,11-12H2,1-2H3,(H,22,23). The van der Waals surface area contributed by atoms with Gasteiger partial charge in [0.1, 0.15) is 5.41 Å². The van der Waals surface area contributed by atoms with Gasteiger partial charge in [-0.25, -0.2) is 0 Å². The van der Waals surface area contributed by atoms with Gasteiger partial charge in [-0.1, -0.05) is 43.3 Å². The van der Waals surface area contributed by atoms with Crippen LogP contribution in [0, 0.1) is 11.3 Å². The van der Waals surface area contributed by atoms with Crippen LogP contribution in [0.1, 0.15) is 38.7 Å². The molecular weight excluding hydrogens is 318 g/mol. The molecule has 0 aliphatic heterocycles.